The second kappa shape index (κ2) is 58.7. The molecule has 16 aromatic rings. The van der Waals surface area contributed by atoms with Crippen LogP contribution in [0.5, 0.6) is 0 Å². The third-order valence-electron chi connectivity index (χ3n) is 18.5. The number of hydrogen-bond donors (Lipinski definition) is 7. The van der Waals surface area contributed by atoms with E-state index in [2.05, 4.69) is 223 Å². The van der Waals surface area contributed by atoms with Crippen LogP contribution in [0.1, 0.15) is 76.7 Å². The highest BCUT2D eigenvalue weighted by molar-refractivity contribution is 9.11. The maximum absolute atomic E-state index is 11.9. The van der Waals surface area contributed by atoms with Gasteiger partial charge in [0.05, 0.1) is 62.0 Å². The molecular formula is C92H99BBr7Cl4N25O6S6. The van der Waals surface area contributed by atoms with Gasteiger partial charge in [0.15, 0.2) is 30.1 Å². The Bertz CT molecular complexity index is 6370. The molecule has 0 saturated carbocycles. The van der Waals surface area contributed by atoms with Gasteiger partial charge in [0.25, 0.3) is 0 Å². The second-order valence-corrected chi connectivity index (χ2v) is 46.0. The maximum atomic E-state index is 11.9. The smallest absolute Gasteiger partial charge is 0.399 e. The number of nitrogens with two attached hydrogens (primary N) is 2. The standard InChI is InChI=1S/C17H16BrN5OS.C13H8BrClN4S.C13H14BrN3OS.C10H17BN2O2.C8H4BrClN2S.C8H6BrN3S.C8H12N2OS.C5H3Br2N.C5H5ClN2.C4H9NO.CH4.ClH/c18-13-7-12(9-19-10-13)15-11-21-17(25-15)22-16-8-14(1-2-20-16)23-3-5-24-6-4-23;14-9-3-8(5-16-6-9)11-7-18-13(20-11)19-12-4-10(15)1-2-17-12;1-13(2,3)11(18)17-12-16-7-10(19-12)8-4-9(14)6-15-5-8;1-9(2)10(3,4)15-11(14-9)8-6-12-13(5)7-8;2*9-6-1-5(2-11-3-6)7-4-12-8(10)13-7;1-8(2,3)6(11)10-7-9-4-5-12-7;6-4-1-5(7)3-8-2-4;6-4-1-2-8-5(7)3-4;1-3-6-4-2-5-1;;/h1-2,7-11H,3-6H2,(H,20,21,22);1-7H,(H,17,18,19);4-7H,1-3H3,(H,16,17,18);6-7H,1-5H3;1-4H;1-4H,(H2,10,12);4-5H,1-3H3,(H,9,10,11);1-3H;1-3H,(H2,7,8);5H,1-4H2;1H4;1H. The first kappa shape index (κ1) is 118. The Balaban J connectivity index is 0.000000196. The predicted molar refractivity (Wildman–Crippen MR) is 606 cm³/mol. The zero-order valence-corrected chi connectivity index (χ0v) is 95.9. The minimum atomic E-state index is -0.427. The number of ether oxygens (including phenoxy) is 2. The summed E-state index contributed by atoms with van der Waals surface area (Å²) in [7, 11) is 1.58. The van der Waals surface area contributed by atoms with Gasteiger partial charge in [-0.1, -0.05) is 129 Å². The first-order valence-electron chi connectivity index (χ1n) is 41.7. The van der Waals surface area contributed by atoms with Crippen molar-refractivity contribution in [3.63, 3.8) is 0 Å². The van der Waals surface area contributed by atoms with Crippen molar-refractivity contribution >= 4 is 300 Å². The van der Waals surface area contributed by atoms with Crippen molar-refractivity contribution in [1.82, 2.24) is 89.9 Å². The van der Waals surface area contributed by atoms with Crippen molar-refractivity contribution < 1.29 is 28.4 Å². The summed E-state index contributed by atoms with van der Waals surface area (Å²) in [5.41, 5.74) is 16.6. The summed E-state index contributed by atoms with van der Waals surface area (Å²) in [6, 6.07) is 22.7. The SMILES string of the molecule is Brc1cncc(-c2cnc(Nc3cc(N4CCOCC4)ccn3)s2)c1.Brc1cncc(Br)c1.C.C1COCCN1.CC(C)(C)C(=O)Nc1ncc(-c2cncc(Br)c2)s1.CC(C)(C)C(=O)Nc1nccs1.Cl.Clc1ccnc(Nc2ncc(-c3cncc(Br)c3)s2)c1.Clc1ncc(-c2cncc(Br)c2)s1.Cn1cc(B2OC(C)(C)C(C)(C)O2)cn1.Nc1cc(Cl)ccn1.Nc1ncc(-c2cncc(Br)c2)s1. The highest BCUT2D eigenvalue weighted by Crippen LogP contribution is 2.39. The quantitative estimate of drug-likeness (QED) is 0.0527. The fraction of sp³-hybridized carbons (Fsp3) is 0.261. The molecule has 16 aromatic heterocycles. The number of nitrogen functional groups attached to an aromatic ring is 2. The molecule has 0 aromatic carbocycles. The number of nitrogens with one attached hydrogen (secondary N) is 5. The Morgan fingerprint density at radius 3 is 1.19 bits per heavy atom. The molecule has 141 heavy (non-hydrogen) atoms. The number of nitrogens with zero attached hydrogens (tertiary/aromatic N) is 18. The van der Waals surface area contributed by atoms with Gasteiger partial charge in [-0.2, -0.15) is 5.10 Å². The summed E-state index contributed by atoms with van der Waals surface area (Å²) in [6.45, 7) is 26.6. The van der Waals surface area contributed by atoms with Gasteiger partial charge < -0.3 is 61.7 Å². The molecule has 0 aliphatic carbocycles. The van der Waals surface area contributed by atoms with Crippen molar-refractivity contribution in [2.24, 2.45) is 17.9 Å². The molecular weight excluding hydrogens is 2460 g/mol. The van der Waals surface area contributed by atoms with Crippen LogP contribution < -0.4 is 48.4 Å². The van der Waals surface area contributed by atoms with Crippen molar-refractivity contribution in [3.05, 3.63) is 267 Å². The van der Waals surface area contributed by atoms with Gasteiger partial charge in [-0.05, 0) is 206 Å². The molecule has 19 heterocycles. The summed E-state index contributed by atoms with van der Waals surface area (Å²) in [5.74, 6) is 1.87. The largest absolute Gasteiger partial charge is 0.498 e. The molecule has 0 bridgehead atoms. The monoisotopic (exact) mass is 2540 g/mol. The predicted octanol–water partition coefficient (Wildman–Crippen LogP) is 26.3. The van der Waals surface area contributed by atoms with E-state index in [1.54, 1.807) is 158 Å². The van der Waals surface area contributed by atoms with Crippen LogP contribution in [0, 0.1) is 10.8 Å². The number of pyridine rings is 9. The maximum Gasteiger partial charge on any atom is 0.498 e. The van der Waals surface area contributed by atoms with E-state index in [4.69, 9.17) is 65.1 Å². The third kappa shape index (κ3) is 41.2. The Hall–Kier alpha value is -8.34. The van der Waals surface area contributed by atoms with E-state index in [-0.39, 0.29) is 55.4 Å². The van der Waals surface area contributed by atoms with Crippen molar-refractivity contribution in [2.45, 2.75) is 87.9 Å². The van der Waals surface area contributed by atoms with Gasteiger partial charge in [-0.15, -0.1) is 35.1 Å². The van der Waals surface area contributed by atoms with Crippen LogP contribution in [-0.4, -0.2) is 167 Å². The minimum Gasteiger partial charge on any atom is -0.399 e. The number of anilines is 9. The molecule has 3 aliphatic heterocycles. The fourth-order valence-electron chi connectivity index (χ4n) is 10.9. The van der Waals surface area contributed by atoms with Crippen molar-refractivity contribution in [1.29, 1.82) is 0 Å². The molecule has 3 fully saturated rings. The summed E-state index contributed by atoms with van der Waals surface area (Å²) in [6.07, 6.45) is 40.5. The molecule has 0 spiro atoms. The number of aromatic nitrogens is 17. The summed E-state index contributed by atoms with van der Waals surface area (Å²) < 4.78 is 31.2. The lowest BCUT2D eigenvalue weighted by molar-refractivity contribution is -0.123. The lowest BCUT2D eigenvalue weighted by Gasteiger charge is -2.32. The summed E-state index contributed by atoms with van der Waals surface area (Å²) in [4.78, 5) is 92.4. The van der Waals surface area contributed by atoms with E-state index in [1.807, 2.05) is 155 Å². The molecule has 0 atom stereocenters. The van der Waals surface area contributed by atoms with Crippen LogP contribution in [0.3, 0.4) is 0 Å². The van der Waals surface area contributed by atoms with Crippen LogP contribution >= 0.6 is 227 Å². The van der Waals surface area contributed by atoms with E-state index in [0.717, 1.165) is 163 Å². The first-order chi connectivity index (χ1) is 66.2. The minimum absolute atomic E-state index is 0. The summed E-state index contributed by atoms with van der Waals surface area (Å²) in [5, 5.41) is 25.8. The third-order valence-corrected chi connectivity index (χ3v) is 27.6. The zero-order valence-electron chi connectivity index (χ0n) is 76.8. The molecule has 49 heteroatoms. The lowest BCUT2D eigenvalue weighted by Crippen LogP contribution is -2.41. The van der Waals surface area contributed by atoms with E-state index in [9.17, 15) is 9.59 Å². The van der Waals surface area contributed by atoms with Crippen LogP contribution in [0.2, 0.25) is 14.5 Å². The number of morpholine rings is 2. The average Bonchev–Trinajstić information content (AvgIpc) is 1.62. The van der Waals surface area contributed by atoms with Crippen LogP contribution in [0.15, 0.2) is 252 Å². The average molecular weight is 2560 g/mol. The molecule has 0 unspecified atom stereocenters. The normalized spacial score (nSPS) is 13.0. The highest BCUT2D eigenvalue weighted by Gasteiger charge is 2.52. The summed E-state index contributed by atoms with van der Waals surface area (Å²) >= 11 is 49.5. The van der Waals surface area contributed by atoms with E-state index >= 15 is 0 Å². The Morgan fingerprint density at radius 1 is 0.447 bits per heavy atom. The zero-order chi connectivity index (χ0) is 100. The van der Waals surface area contributed by atoms with Gasteiger partial charge in [-0.25, -0.2) is 44.9 Å². The second-order valence-electron chi connectivity index (χ2n) is 32.1. The highest BCUT2D eigenvalue weighted by atomic mass is 79.9. The topological polar surface area (TPSA) is 398 Å². The number of rotatable bonds is 13. The molecule has 744 valence electrons. The van der Waals surface area contributed by atoms with Gasteiger partial charge in [0.1, 0.15) is 17.5 Å². The number of aryl methyl sites for hydroxylation is 1. The van der Waals surface area contributed by atoms with Crippen LogP contribution in [0.4, 0.5) is 48.8 Å². The van der Waals surface area contributed by atoms with Gasteiger partial charge in [0.2, 0.25) is 11.8 Å². The molecule has 19 rings (SSSR count). The van der Waals surface area contributed by atoms with Crippen LogP contribution in [-0.2, 0) is 35.4 Å². The van der Waals surface area contributed by atoms with Crippen molar-refractivity contribution in [3.8, 4) is 52.2 Å². The number of carbonyl (C=O) groups is 2. The number of thiazole rings is 6. The molecule has 2 amide bonds. The first-order valence-corrected chi connectivity index (χ1v) is 53.4. The van der Waals surface area contributed by atoms with Gasteiger partial charge >= 0.3 is 7.12 Å². The Morgan fingerprint density at radius 2 is 0.837 bits per heavy atom. The molecule has 0 radical (unpaired) electrons. The molecule has 9 N–H and O–H groups in total. The lowest BCUT2D eigenvalue weighted by atomic mass is 9.82. The molecule has 31 nitrogen and oxygen atoms in total. The van der Waals surface area contributed by atoms with Gasteiger partial charge in [0, 0.05) is 278 Å². The van der Waals surface area contributed by atoms with Gasteiger partial charge in [-0.3, -0.25) is 44.2 Å². The molecule has 3 aliphatic rings. The fourth-order valence-corrected chi connectivity index (χ4v) is 18.6. The Labute approximate surface area is 923 Å². The van der Waals surface area contributed by atoms with E-state index < -0.39 is 5.41 Å². The number of carbonyl (C=O) groups excluding carboxylic acids is 2. The van der Waals surface area contributed by atoms with E-state index in [1.165, 1.54) is 56.7 Å². The van der Waals surface area contributed by atoms with Crippen molar-refractivity contribution in [2.75, 3.05) is 90.2 Å². The van der Waals surface area contributed by atoms with E-state index in [0.29, 0.717) is 41.5 Å². The van der Waals surface area contributed by atoms with Crippen LogP contribution in [0.25, 0.3) is 52.2 Å². The number of amides is 2. The number of halogens is 11. The Kier molecular flexibility index (Phi) is 49.1. The molecule has 3 saturated heterocycles. The number of hydrogen-bond acceptors (Lipinski definition) is 34.